The van der Waals surface area contributed by atoms with Gasteiger partial charge in [0.1, 0.15) is 18.1 Å². The van der Waals surface area contributed by atoms with E-state index < -0.39 is 53.8 Å². The predicted molar refractivity (Wildman–Crippen MR) is 139 cm³/mol. The summed E-state index contributed by atoms with van der Waals surface area (Å²) in [4.78, 5) is 67.2. The number of primary amides is 1. The number of hydrogen-bond donors (Lipinski definition) is 6. The van der Waals surface area contributed by atoms with E-state index in [0.29, 0.717) is 19.3 Å². The van der Waals surface area contributed by atoms with Crippen LogP contribution in [0.3, 0.4) is 0 Å². The van der Waals surface area contributed by atoms with Gasteiger partial charge in [-0.25, -0.2) is 4.79 Å². The number of amides is 4. The average Bonchev–Trinajstić information content (AvgIpc) is 3.53. The molecule has 0 spiro atoms. The highest BCUT2D eigenvalue weighted by Gasteiger charge is 2.39. The smallest absolute Gasteiger partial charge is 0.326 e. The summed E-state index contributed by atoms with van der Waals surface area (Å²) in [7, 11) is 0. The second-order valence-electron chi connectivity index (χ2n) is 9.80. The van der Waals surface area contributed by atoms with Crippen LogP contribution in [-0.4, -0.2) is 75.3 Å². The third kappa shape index (κ3) is 6.68. The molecule has 0 saturated carbocycles. The summed E-state index contributed by atoms with van der Waals surface area (Å²) >= 11 is 0. The minimum atomic E-state index is -1.23. The molecular formula is C26H36N6O6. The third-order valence-electron chi connectivity index (χ3n) is 7.09. The molecule has 1 aliphatic rings. The summed E-state index contributed by atoms with van der Waals surface area (Å²) < 4.78 is 0. The minimum Gasteiger partial charge on any atom is -0.480 e. The molecule has 0 aliphatic carbocycles. The van der Waals surface area contributed by atoms with Gasteiger partial charge in [0.15, 0.2) is 0 Å². The lowest BCUT2D eigenvalue weighted by atomic mass is 9.96. The quantitative estimate of drug-likeness (QED) is 0.222. The Labute approximate surface area is 220 Å². The van der Waals surface area contributed by atoms with Crippen LogP contribution in [0.2, 0.25) is 0 Å². The summed E-state index contributed by atoms with van der Waals surface area (Å²) in [6.45, 7) is 3.88. The zero-order valence-corrected chi connectivity index (χ0v) is 21.6. The van der Waals surface area contributed by atoms with Crippen molar-refractivity contribution in [1.29, 1.82) is 0 Å². The Hall–Kier alpha value is -3.93. The number of nitrogens with one attached hydrogen (secondary N) is 3. The van der Waals surface area contributed by atoms with E-state index in [1.54, 1.807) is 13.1 Å². The van der Waals surface area contributed by atoms with Gasteiger partial charge < -0.3 is 37.1 Å². The van der Waals surface area contributed by atoms with E-state index in [4.69, 9.17) is 11.5 Å². The van der Waals surface area contributed by atoms with Crippen LogP contribution in [-0.2, 0) is 30.4 Å². The molecule has 1 aliphatic heterocycles. The second kappa shape index (κ2) is 12.5. The Morgan fingerprint density at radius 1 is 1.16 bits per heavy atom. The van der Waals surface area contributed by atoms with Gasteiger partial charge in [-0.3, -0.25) is 19.2 Å². The van der Waals surface area contributed by atoms with E-state index in [-0.39, 0.29) is 25.3 Å². The fourth-order valence-corrected chi connectivity index (χ4v) is 4.74. The molecule has 38 heavy (non-hydrogen) atoms. The predicted octanol–water partition coefficient (Wildman–Crippen LogP) is 0.00440. The van der Waals surface area contributed by atoms with Crippen molar-refractivity contribution in [3.63, 3.8) is 0 Å². The molecule has 3 rings (SSSR count). The zero-order chi connectivity index (χ0) is 28.0. The fraction of sp³-hybridized carbons (Fsp3) is 0.500. The molecule has 2 aromatic rings. The van der Waals surface area contributed by atoms with E-state index in [2.05, 4.69) is 15.6 Å². The van der Waals surface area contributed by atoms with Crippen LogP contribution >= 0.6 is 0 Å². The van der Waals surface area contributed by atoms with Crippen molar-refractivity contribution in [3.8, 4) is 0 Å². The van der Waals surface area contributed by atoms with Crippen molar-refractivity contribution in [2.24, 2.45) is 17.4 Å². The van der Waals surface area contributed by atoms with E-state index in [1.807, 2.05) is 31.2 Å². The van der Waals surface area contributed by atoms with Crippen molar-refractivity contribution in [2.45, 2.75) is 70.1 Å². The minimum absolute atomic E-state index is 0.111. The number of carbonyl (C=O) groups excluding carboxylic acids is 4. The maximum atomic E-state index is 13.7. The lowest BCUT2D eigenvalue weighted by Gasteiger charge is -2.30. The number of hydrogen-bond acceptors (Lipinski definition) is 6. The number of likely N-dealkylation sites (tertiary alicyclic amines) is 1. The van der Waals surface area contributed by atoms with E-state index in [0.717, 1.165) is 16.5 Å². The molecule has 1 aromatic carbocycles. The Kier molecular flexibility index (Phi) is 9.45. The van der Waals surface area contributed by atoms with Gasteiger partial charge in [0.2, 0.25) is 23.6 Å². The maximum Gasteiger partial charge on any atom is 0.326 e. The SMILES string of the molecule is CCC(C)C(NC(=O)C(N)CC(N)=O)C(=O)NC(Cc1c[nH]c2ccccc12)C(=O)N1CCCC1C(=O)O. The maximum absolute atomic E-state index is 13.7. The highest BCUT2D eigenvalue weighted by Crippen LogP contribution is 2.23. The van der Waals surface area contributed by atoms with E-state index >= 15 is 0 Å². The Morgan fingerprint density at radius 3 is 2.53 bits per heavy atom. The fourth-order valence-electron chi connectivity index (χ4n) is 4.74. The normalized spacial score (nSPS) is 18.4. The molecule has 12 nitrogen and oxygen atoms in total. The highest BCUT2D eigenvalue weighted by atomic mass is 16.4. The van der Waals surface area contributed by atoms with Crippen molar-refractivity contribution < 1.29 is 29.1 Å². The van der Waals surface area contributed by atoms with Crippen molar-refractivity contribution in [2.75, 3.05) is 6.54 Å². The Bertz CT molecular complexity index is 1200. The van der Waals surface area contributed by atoms with Gasteiger partial charge in [-0.05, 0) is 30.4 Å². The number of para-hydroxylation sites is 1. The number of aromatic amines is 1. The number of H-pyrrole nitrogens is 1. The Morgan fingerprint density at radius 2 is 1.87 bits per heavy atom. The second-order valence-corrected chi connectivity index (χ2v) is 9.80. The first-order chi connectivity index (χ1) is 18.0. The number of nitrogens with zero attached hydrogens (tertiary/aromatic N) is 1. The molecule has 1 fully saturated rings. The molecule has 4 amide bonds. The molecule has 0 bridgehead atoms. The number of carboxylic acids is 1. The zero-order valence-electron chi connectivity index (χ0n) is 21.6. The largest absolute Gasteiger partial charge is 0.480 e. The lowest BCUT2D eigenvalue weighted by Crippen LogP contribution is -2.59. The van der Waals surface area contributed by atoms with Gasteiger partial charge in [0.05, 0.1) is 12.5 Å². The van der Waals surface area contributed by atoms with Crippen LogP contribution in [0.25, 0.3) is 10.9 Å². The number of nitrogens with two attached hydrogens (primary N) is 2. The molecule has 1 aromatic heterocycles. The Balaban J connectivity index is 1.88. The number of benzene rings is 1. The van der Waals surface area contributed by atoms with E-state index in [9.17, 15) is 29.1 Å². The number of aliphatic carboxylic acids is 1. The van der Waals surface area contributed by atoms with Crippen LogP contribution in [0.1, 0.15) is 45.1 Å². The summed E-state index contributed by atoms with van der Waals surface area (Å²) in [6.07, 6.45) is 2.88. The summed E-state index contributed by atoms with van der Waals surface area (Å²) in [6, 6.07) is 3.19. The molecule has 2 heterocycles. The molecule has 5 unspecified atom stereocenters. The average molecular weight is 529 g/mol. The van der Waals surface area contributed by atoms with Crippen LogP contribution in [0.4, 0.5) is 0 Å². The van der Waals surface area contributed by atoms with Crippen LogP contribution < -0.4 is 22.1 Å². The number of fused-ring (bicyclic) bond motifs is 1. The summed E-state index contributed by atoms with van der Waals surface area (Å²) in [5.74, 6) is -4.01. The molecule has 206 valence electrons. The monoisotopic (exact) mass is 528 g/mol. The molecule has 5 atom stereocenters. The van der Waals surface area contributed by atoms with Crippen LogP contribution in [0, 0.1) is 5.92 Å². The number of carbonyl (C=O) groups is 5. The first-order valence-electron chi connectivity index (χ1n) is 12.8. The van der Waals surface area contributed by atoms with Gasteiger partial charge in [-0.1, -0.05) is 38.5 Å². The van der Waals surface area contributed by atoms with Crippen LogP contribution in [0.15, 0.2) is 30.5 Å². The standard InChI is InChI=1S/C26H36N6O6/c1-3-14(2)22(31-23(34)17(27)12-21(28)33)24(35)30-19(25(36)32-10-6-9-20(32)26(37)38)11-15-13-29-18-8-5-4-7-16(15)18/h4-5,7-8,13-14,17,19-20,22,29H,3,6,9-12,27H2,1-2H3,(H2,28,33)(H,30,35)(H,31,34)(H,37,38). The van der Waals surface area contributed by atoms with Crippen molar-refractivity contribution in [1.82, 2.24) is 20.5 Å². The van der Waals surface area contributed by atoms with Gasteiger partial charge in [0, 0.05) is 30.1 Å². The highest BCUT2D eigenvalue weighted by molar-refractivity contribution is 5.96. The molecule has 0 radical (unpaired) electrons. The van der Waals surface area contributed by atoms with E-state index in [1.165, 1.54) is 4.90 Å². The van der Waals surface area contributed by atoms with Crippen LogP contribution in [0.5, 0.6) is 0 Å². The summed E-state index contributed by atoms with van der Waals surface area (Å²) in [5.41, 5.74) is 12.5. The first kappa shape index (κ1) is 28.6. The topological polar surface area (TPSA) is 201 Å². The van der Waals surface area contributed by atoms with Gasteiger partial charge in [-0.15, -0.1) is 0 Å². The molecule has 1 saturated heterocycles. The number of rotatable bonds is 12. The third-order valence-corrected chi connectivity index (χ3v) is 7.09. The molecule has 12 heteroatoms. The van der Waals surface area contributed by atoms with Crippen molar-refractivity contribution >= 4 is 40.5 Å². The number of aromatic nitrogens is 1. The lowest BCUT2D eigenvalue weighted by molar-refractivity contribution is -0.149. The van der Waals surface area contributed by atoms with Gasteiger partial charge in [-0.2, -0.15) is 0 Å². The summed E-state index contributed by atoms with van der Waals surface area (Å²) in [5, 5.41) is 15.9. The molecule has 8 N–H and O–H groups in total. The number of carboxylic acid groups (broad SMARTS) is 1. The van der Waals surface area contributed by atoms with Gasteiger partial charge in [0.25, 0.3) is 0 Å². The first-order valence-corrected chi connectivity index (χ1v) is 12.8. The molecular weight excluding hydrogens is 492 g/mol. The van der Waals surface area contributed by atoms with Gasteiger partial charge >= 0.3 is 5.97 Å². The van der Waals surface area contributed by atoms with Crippen molar-refractivity contribution in [3.05, 3.63) is 36.0 Å².